The summed E-state index contributed by atoms with van der Waals surface area (Å²) in [5.41, 5.74) is -2.65. The van der Waals surface area contributed by atoms with E-state index in [9.17, 15) is 19.2 Å². The molecule has 0 spiro atoms. The predicted octanol–water partition coefficient (Wildman–Crippen LogP) is 12.3. The maximum absolute atomic E-state index is 13.8. The monoisotopic (exact) mass is 915 g/mol. The number of hydrogen-bond acceptors (Lipinski definition) is 10. The second-order valence-electron chi connectivity index (χ2n) is 26.6. The summed E-state index contributed by atoms with van der Waals surface area (Å²) in [7, 11) is 0. The molecule has 0 N–H and O–H groups in total. The minimum absolute atomic E-state index is 0.290. The number of fused-ring (bicyclic) bond motifs is 5. The Balaban J connectivity index is 1.33. The van der Waals surface area contributed by atoms with E-state index in [4.69, 9.17) is 28.4 Å². The normalized spacial score (nSPS) is 35.2. The number of carbonyl (C=O) groups excluding carboxylic acids is 4. The summed E-state index contributed by atoms with van der Waals surface area (Å²) in [5.74, 6) is 3.60. The van der Waals surface area contributed by atoms with Crippen molar-refractivity contribution in [2.75, 3.05) is 13.2 Å². The van der Waals surface area contributed by atoms with Crippen molar-refractivity contribution in [2.24, 2.45) is 79.8 Å². The molecule has 14 atom stereocenters. The predicted molar refractivity (Wildman–Crippen MR) is 254 cm³/mol. The molecule has 10 heteroatoms. The third kappa shape index (κ3) is 12.3. The zero-order valence-corrected chi connectivity index (χ0v) is 44.2. The van der Waals surface area contributed by atoms with Gasteiger partial charge in [0, 0.05) is 0 Å². The van der Waals surface area contributed by atoms with Crippen molar-refractivity contribution in [1.29, 1.82) is 0 Å². The molecule has 0 radical (unpaired) electrons. The number of rotatable bonds is 14. The highest BCUT2D eigenvalue weighted by Gasteiger charge is 2.60. The van der Waals surface area contributed by atoms with Crippen molar-refractivity contribution in [2.45, 2.75) is 232 Å². The van der Waals surface area contributed by atoms with Gasteiger partial charge >= 0.3 is 23.9 Å². The molecule has 1 unspecified atom stereocenters. The van der Waals surface area contributed by atoms with Crippen LogP contribution in [0.4, 0.5) is 0 Å². The second-order valence-corrected chi connectivity index (χ2v) is 26.6. The highest BCUT2D eigenvalue weighted by Crippen LogP contribution is 2.68. The highest BCUT2D eigenvalue weighted by molar-refractivity contribution is 5.78. The molecule has 65 heavy (non-hydrogen) atoms. The van der Waals surface area contributed by atoms with Gasteiger partial charge in [0.2, 0.25) is 0 Å². The first kappa shape index (κ1) is 53.8. The Morgan fingerprint density at radius 2 is 1.14 bits per heavy atom. The topological polar surface area (TPSA) is 124 Å². The number of carbonyl (C=O) groups is 4. The van der Waals surface area contributed by atoms with Crippen LogP contribution in [-0.4, -0.2) is 67.8 Å². The zero-order chi connectivity index (χ0) is 48.7. The Morgan fingerprint density at radius 1 is 0.585 bits per heavy atom. The van der Waals surface area contributed by atoms with Crippen LogP contribution >= 0.6 is 0 Å². The van der Waals surface area contributed by atoms with Gasteiger partial charge in [0.25, 0.3) is 0 Å². The molecule has 0 aromatic carbocycles. The van der Waals surface area contributed by atoms with Gasteiger partial charge in [-0.2, -0.15) is 0 Å². The quantitative estimate of drug-likeness (QED) is 0.123. The summed E-state index contributed by atoms with van der Waals surface area (Å²) in [6, 6.07) is 0. The molecule has 0 aromatic heterocycles. The van der Waals surface area contributed by atoms with Gasteiger partial charge in [-0.05, 0) is 205 Å². The smallest absolute Gasteiger partial charge is 0.311 e. The van der Waals surface area contributed by atoms with Gasteiger partial charge in [0.15, 0.2) is 24.6 Å². The Bertz CT molecular complexity index is 1640. The Labute approximate surface area is 395 Å². The van der Waals surface area contributed by atoms with E-state index in [0.717, 1.165) is 42.4 Å². The van der Waals surface area contributed by atoms with Crippen molar-refractivity contribution < 1.29 is 47.6 Å². The molecule has 0 aromatic rings. The second kappa shape index (κ2) is 20.4. The lowest BCUT2D eigenvalue weighted by molar-refractivity contribution is -0.312. The van der Waals surface area contributed by atoms with E-state index in [2.05, 4.69) is 34.6 Å². The van der Waals surface area contributed by atoms with Crippen LogP contribution in [0.25, 0.3) is 0 Å². The van der Waals surface area contributed by atoms with Crippen LogP contribution in [0, 0.1) is 79.8 Å². The average molecular weight is 915 g/mol. The third-order valence-electron chi connectivity index (χ3n) is 17.2. The van der Waals surface area contributed by atoms with Gasteiger partial charge in [0.05, 0.1) is 28.3 Å². The van der Waals surface area contributed by atoms with Crippen LogP contribution in [0.2, 0.25) is 0 Å². The molecule has 374 valence electrons. The van der Waals surface area contributed by atoms with Crippen LogP contribution in [0.3, 0.4) is 0 Å². The fourth-order valence-corrected chi connectivity index (χ4v) is 12.9. The molecule has 5 aliphatic rings. The van der Waals surface area contributed by atoms with E-state index in [1.165, 1.54) is 70.6 Å². The summed E-state index contributed by atoms with van der Waals surface area (Å²) in [6.45, 7) is 33.2. The van der Waals surface area contributed by atoms with Gasteiger partial charge in [-0.3, -0.25) is 19.2 Å². The molecule has 4 saturated carbocycles. The van der Waals surface area contributed by atoms with E-state index < -0.39 is 76.2 Å². The number of ether oxygens (including phenoxy) is 6. The third-order valence-corrected chi connectivity index (χ3v) is 17.2. The van der Waals surface area contributed by atoms with Crippen LogP contribution in [0.5, 0.6) is 0 Å². The number of hydrogen-bond donors (Lipinski definition) is 0. The summed E-state index contributed by atoms with van der Waals surface area (Å²) in [6.07, 6.45) is 11.0. The van der Waals surface area contributed by atoms with E-state index in [-0.39, 0.29) is 6.61 Å². The first-order chi connectivity index (χ1) is 29.9. The summed E-state index contributed by atoms with van der Waals surface area (Å²) >= 11 is 0. The van der Waals surface area contributed by atoms with Crippen molar-refractivity contribution in [3.05, 3.63) is 0 Å². The first-order valence-corrected chi connectivity index (χ1v) is 26.0. The number of esters is 4. The van der Waals surface area contributed by atoms with E-state index in [1.807, 2.05) is 0 Å². The lowest BCUT2D eigenvalue weighted by atomic mass is 9.44. The van der Waals surface area contributed by atoms with E-state index >= 15 is 0 Å². The molecule has 10 nitrogen and oxygen atoms in total. The highest BCUT2D eigenvalue weighted by atomic mass is 16.7. The van der Waals surface area contributed by atoms with E-state index in [1.54, 1.807) is 83.1 Å². The fraction of sp³-hybridized carbons (Fsp3) is 0.927. The Kier molecular flexibility index (Phi) is 16.9. The standard InChI is InChI=1S/C55H94O10/c1-33(2)35(22-21-34(3)38-25-26-39-37-24-23-36-20-18-19-29-54(36,16)40(37)27-30-55(38,39)17)28-31-60-45-44(65-49(59)53(13,14)15)43(64-48(58)52(10,11)12)42(63-47(57)51(7,8)9)41(62-45)32-61-46(56)50(4,5)6/h33-45H,18-32H2,1-17H3/t34-,35+,36?,37+,38-,39+,40+,41-,42-,43+,44-,45-,54+,55-/m1/s1. The molecule has 0 bridgehead atoms. The summed E-state index contributed by atoms with van der Waals surface area (Å²) in [4.78, 5) is 54.2. The maximum Gasteiger partial charge on any atom is 0.311 e. The summed E-state index contributed by atoms with van der Waals surface area (Å²) < 4.78 is 37.6. The van der Waals surface area contributed by atoms with Gasteiger partial charge in [-0.15, -0.1) is 0 Å². The lowest BCUT2D eigenvalue weighted by Crippen LogP contribution is -2.64. The Hall–Kier alpha value is -2.20. The van der Waals surface area contributed by atoms with Crippen molar-refractivity contribution in [3.63, 3.8) is 0 Å². The van der Waals surface area contributed by atoms with Crippen molar-refractivity contribution >= 4 is 23.9 Å². The molecule has 4 aliphatic carbocycles. The largest absolute Gasteiger partial charge is 0.462 e. The van der Waals surface area contributed by atoms with Crippen LogP contribution in [-0.2, 0) is 47.6 Å². The molecular weight excluding hydrogens is 821 g/mol. The van der Waals surface area contributed by atoms with Gasteiger partial charge < -0.3 is 28.4 Å². The van der Waals surface area contributed by atoms with Crippen molar-refractivity contribution in [1.82, 2.24) is 0 Å². The maximum atomic E-state index is 13.8. The SMILES string of the molecule is CC(C)[C@H](CCO[C@@H]1O[C@H](COC(=O)C(C)(C)C)[C@@H](OC(=O)C(C)(C)C)[C@H](OC(=O)C(C)(C)C)[C@H]1OC(=O)C(C)(C)C)CC[C@@H](C)[C@H]1CC[C@H]2[C@@H]3CCC4CCCC[C@]4(C)[C@H]3CC[C@]12C. The molecule has 1 aliphatic heterocycles. The van der Waals surface area contributed by atoms with Gasteiger partial charge in [0.1, 0.15) is 12.7 Å². The van der Waals surface area contributed by atoms with Gasteiger partial charge in [-0.1, -0.05) is 53.9 Å². The first-order valence-electron chi connectivity index (χ1n) is 26.0. The van der Waals surface area contributed by atoms with E-state index in [0.29, 0.717) is 35.2 Å². The molecule has 1 saturated heterocycles. The average Bonchev–Trinajstić information content (AvgIpc) is 3.55. The molecule has 0 amide bonds. The molecule has 5 rings (SSSR count). The van der Waals surface area contributed by atoms with Crippen molar-refractivity contribution in [3.8, 4) is 0 Å². The molecule has 1 heterocycles. The van der Waals surface area contributed by atoms with Crippen LogP contribution in [0.15, 0.2) is 0 Å². The zero-order valence-electron chi connectivity index (χ0n) is 44.2. The van der Waals surface area contributed by atoms with Crippen LogP contribution in [0.1, 0.15) is 201 Å². The molecular formula is C55H94O10. The lowest BCUT2D eigenvalue weighted by Gasteiger charge is -2.61. The fourth-order valence-electron chi connectivity index (χ4n) is 12.9. The van der Waals surface area contributed by atoms with Gasteiger partial charge in [-0.25, -0.2) is 0 Å². The Morgan fingerprint density at radius 3 is 1.71 bits per heavy atom. The minimum atomic E-state index is -1.33. The van der Waals surface area contributed by atoms with Crippen LogP contribution < -0.4 is 0 Å². The minimum Gasteiger partial charge on any atom is -0.462 e. The summed E-state index contributed by atoms with van der Waals surface area (Å²) in [5, 5.41) is 0. The molecule has 5 fully saturated rings.